The molecule has 0 amide bonds. The van der Waals surface area contributed by atoms with Crippen LogP contribution in [0.2, 0.25) is 0 Å². The van der Waals surface area contributed by atoms with E-state index in [4.69, 9.17) is 4.42 Å². The number of aromatic nitrogens is 1. The molecular weight excluding hydrogens is 214 g/mol. The summed E-state index contributed by atoms with van der Waals surface area (Å²) in [6.07, 6.45) is 1.60. The molecule has 5 heteroatoms. The molecule has 0 bridgehead atoms. The van der Waals surface area contributed by atoms with Crippen LogP contribution in [-0.2, 0) is 4.74 Å². The maximum absolute atomic E-state index is 11.2. The second-order valence-corrected chi connectivity index (χ2v) is 3.78. The molecule has 0 aliphatic heterocycles. The number of methoxy groups -OCH3 is 1. The third-order valence-electron chi connectivity index (χ3n) is 1.99. The molecule has 2 aromatic rings. The van der Waals surface area contributed by atoms with E-state index in [1.165, 1.54) is 18.4 Å². The van der Waals surface area contributed by atoms with Gasteiger partial charge in [0.05, 0.1) is 18.9 Å². The molecule has 0 saturated carbocycles. The van der Waals surface area contributed by atoms with Crippen LogP contribution in [0.25, 0.3) is 10.6 Å². The average molecular weight is 223 g/mol. The van der Waals surface area contributed by atoms with Crippen LogP contribution < -0.4 is 0 Å². The molecule has 0 saturated heterocycles. The number of thiazole rings is 1. The lowest BCUT2D eigenvalue weighted by molar-refractivity contribution is 0.0595. The zero-order valence-electron chi connectivity index (χ0n) is 8.31. The number of aryl methyl sites for hydroxylation is 1. The van der Waals surface area contributed by atoms with Crippen LogP contribution in [-0.4, -0.2) is 18.1 Å². The summed E-state index contributed by atoms with van der Waals surface area (Å²) < 4.78 is 9.74. The first-order chi connectivity index (χ1) is 7.22. The van der Waals surface area contributed by atoms with Gasteiger partial charge >= 0.3 is 5.97 Å². The van der Waals surface area contributed by atoms with Gasteiger partial charge in [0, 0.05) is 5.38 Å². The molecule has 0 aromatic carbocycles. The molecule has 0 N–H and O–H groups in total. The van der Waals surface area contributed by atoms with E-state index in [1.54, 1.807) is 11.6 Å². The minimum absolute atomic E-state index is 0.332. The van der Waals surface area contributed by atoms with Gasteiger partial charge in [-0.15, -0.1) is 11.3 Å². The van der Waals surface area contributed by atoms with Crippen molar-refractivity contribution in [3.63, 3.8) is 0 Å². The average Bonchev–Trinajstić information content (AvgIpc) is 2.84. The lowest BCUT2D eigenvalue weighted by Gasteiger charge is -1.92. The van der Waals surface area contributed by atoms with Crippen molar-refractivity contribution in [1.29, 1.82) is 0 Å². The van der Waals surface area contributed by atoms with Crippen molar-refractivity contribution >= 4 is 17.3 Å². The summed E-state index contributed by atoms with van der Waals surface area (Å²) in [5, 5.41) is 2.44. The summed E-state index contributed by atoms with van der Waals surface area (Å²) in [5.74, 6) is 0.374. The molecule has 0 unspecified atom stereocenters. The lowest BCUT2D eigenvalue weighted by Crippen LogP contribution is -2.00. The van der Waals surface area contributed by atoms with Crippen molar-refractivity contribution < 1.29 is 13.9 Å². The Kier molecular flexibility index (Phi) is 2.55. The summed E-state index contributed by atoms with van der Waals surface area (Å²) in [6, 6.07) is 1.83. The zero-order valence-corrected chi connectivity index (χ0v) is 9.13. The van der Waals surface area contributed by atoms with Gasteiger partial charge in [-0.25, -0.2) is 9.78 Å². The maximum atomic E-state index is 11.2. The van der Waals surface area contributed by atoms with Crippen LogP contribution in [0.1, 0.15) is 16.2 Å². The van der Waals surface area contributed by atoms with Crippen LogP contribution in [0.15, 0.2) is 22.1 Å². The highest BCUT2D eigenvalue weighted by molar-refractivity contribution is 7.13. The highest BCUT2D eigenvalue weighted by Crippen LogP contribution is 2.27. The Bertz CT molecular complexity index is 486. The van der Waals surface area contributed by atoms with Crippen LogP contribution in [0.3, 0.4) is 0 Å². The SMILES string of the molecule is COC(=O)c1csc(-c2ccoc2C)n1. The number of rotatable bonds is 2. The number of carbonyl (C=O) groups excluding carboxylic acids is 1. The van der Waals surface area contributed by atoms with Crippen LogP contribution >= 0.6 is 11.3 Å². The molecule has 2 heterocycles. The third-order valence-corrected chi connectivity index (χ3v) is 2.86. The molecule has 2 rings (SSSR count). The van der Waals surface area contributed by atoms with E-state index in [2.05, 4.69) is 9.72 Å². The Hall–Kier alpha value is -1.62. The number of hydrogen-bond donors (Lipinski definition) is 0. The first-order valence-electron chi connectivity index (χ1n) is 4.30. The van der Waals surface area contributed by atoms with Gasteiger partial charge < -0.3 is 9.15 Å². The van der Waals surface area contributed by atoms with Crippen LogP contribution in [0.5, 0.6) is 0 Å². The maximum Gasteiger partial charge on any atom is 0.357 e. The van der Waals surface area contributed by atoms with Crippen molar-refractivity contribution in [2.45, 2.75) is 6.92 Å². The van der Waals surface area contributed by atoms with Gasteiger partial charge in [0.1, 0.15) is 10.8 Å². The Morgan fingerprint density at radius 2 is 2.40 bits per heavy atom. The number of carbonyl (C=O) groups is 1. The Balaban J connectivity index is 2.36. The van der Waals surface area contributed by atoms with E-state index in [0.717, 1.165) is 16.3 Å². The molecule has 15 heavy (non-hydrogen) atoms. The van der Waals surface area contributed by atoms with Crippen LogP contribution in [0, 0.1) is 6.92 Å². The first kappa shape index (κ1) is 9.92. The van der Waals surface area contributed by atoms with E-state index in [9.17, 15) is 4.79 Å². The molecule has 0 aliphatic rings. The van der Waals surface area contributed by atoms with E-state index >= 15 is 0 Å². The lowest BCUT2D eigenvalue weighted by atomic mass is 10.3. The molecule has 0 aliphatic carbocycles. The number of furan rings is 1. The van der Waals surface area contributed by atoms with E-state index in [-0.39, 0.29) is 0 Å². The van der Waals surface area contributed by atoms with Gasteiger partial charge in [-0.1, -0.05) is 0 Å². The normalized spacial score (nSPS) is 10.3. The molecule has 78 valence electrons. The molecular formula is C10H9NO3S. The summed E-state index contributed by atoms with van der Waals surface area (Å²) in [7, 11) is 1.34. The molecule has 0 radical (unpaired) electrons. The van der Waals surface area contributed by atoms with Crippen molar-refractivity contribution in [3.8, 4) is 10.6 Å². The summed E-state index contributed by atoms with van der Waals surface area (Å²) in [4.78, 5) is 15.3. The second-order valence-electron chi connectivity index (χ2n) is 2.92. The fourth-order valence-electron chi connectivity index (χ4n) is 1.20. The van der Waals surface area contributed by atoms with Crippen molar-refractivity contribution in [3.05, 3.63) is 29.2 Å². The smallest absolute Gasteiger partial charge is 0.357 e. The monoisotopic (exact) mass is 223 g/mol. The highest BCUT2D eigenvalue weighted by Gasteiger charge is 2.13. The Morgan fingerprint density at radius 3 is 3.00 bits per heavy atom. The number of ether oxygens (including phenoxy) is 1. The minimum atomic E-state index is -0.418. The molecule has 0 fully saturated rings. The van der Waals surface area contributed by atoms with E-state index in [0.29, 0.717) is 5.69 Å². The Morgan fingerprint density at radius 1 is 1.60 bits per heavy atom. The van der Waals surface area contributed by atoms with E-state index in [1.807, 2.05) is 13.0 Å². The molecule has 4 nitrogen and oxygen atoms in total. The number of esters is 1. The van der Waals surface area contributed by atoms with Gasteiger partial charge in [0.2, 0.25) is 0 Å². The third kappa shape index (κ3) is 1.78. The largest absolute Gasteiger partial charge is 0.469 e. The van der Waals surface area contributed by atoms with Gasteiger partial charge in [-0.2, -0.15) is 0 Å². The fourth-order valence-corrected chi connectivity index (χ4v) is 2.06. The zero-order chi connectivity index (χ0) is 10.8. The predicted molar refractivity (Wildman–Crippen MR) is 55.9 cm³/mol. The first-order valence-corrected chi connectivity index (χ1v) is 5.18. The van der Waals surface area contributed by atoms with E-state index < -0.39 is 5.97 Å². The van der Waals surface area contributed by atoms with Gasteiger partial charge in [-0.3, -0.25) is 0 Å². The number of hydrogen-bond acceptors (Lipinski definition) is 5. The minimum Gasteiger partial charge on any atom is -0.469 e. The summed E-state index contributed by atoms with van der Waals surface area (Å²) >= 11 is 1.39. The van der Waals surface area contributed by atoms with Crippen LogP contribution in [0.4, 0.5) is 0 Å². The summed E-state index contributed by atoms with van der Waals surface area (Å²) in [6.45, 7) is 1.86. The summed E-state index contributed by atoms with van der Waals surface area (Å²) in [5.41, 5.74) is 1.24. The quantitative estimate of drug-likeness (QED) is 0.734. The standard InChI is InChI=1S/C10H9NO3S/c1-6-7(3-4-14-6)9-11-8(5-15-9)10(12)13-2/h3-5H,1-2H3. The predicted octanol–water partition coefficient (Wildman–Crippen LogP) is 2.50. The van der Waals surface area contributed by atoms with Crippen molar-refractivity contribution in [2.24, 2.45) is 0 Å². The van der Waals surface area contributed by atoms with Gasteiger partial charge in [0.25, 0.3) is 0 Å². The van der Waals surface area contributed by atoms with Gasteiger partial charge in [0.15, 0.2) is 5.69 Å². The van der Waals surface area contributed by atoms with Crippen molar-refractivity contribution in [2.75, 3.05) is 7.11 Å². The molecule has 0 atom stereocenters. The van der Waals surface area contributed by atoms with Gasteiger partial charge in [-0.05, 0) is 13.0 Å². The Labute approximate surface area is 90.5 Å². The highest BCUT2D eigenvalue weighted by atomic mass is 32.1. The number of nitrogens with zero attached hydrogens (tertiary/aromatic N) is 1. The molecule has 2 aromatic heterocycles. The second kappa shape index (κ2) is 3.86. The fraction of sp³-hybridized carbons (Fsp3) is 0.200. The van der Waals surface area contributed by atoms with Crippen molar-refractivity contribution in [1.82, 2.24) is 4.98 Å². The topological polar surface area (TPSA) is 52.3 Å². The molecule has 0 spiro atoms.